The van der Waals surface area contributed by atoms with Gasteiger partial charge in [-0.05, 0) is 61.6 Å². The lowest BCUT2D eigenvalue weighted by atomic mass is 10.3. The van der Waals surface area contributed by atoms with Gasteiger partial charge in [-0.3, -0.25) is 10.1 Å². The molecule has 2 aromatic rings. The first kappa shape index (κ1) is 15.3. The van der Waals surface area contributed by atoms with Gasteiger partial charge in [0.05, 0.1) is 0 Å². The van der Waals surface area contributed by atoms with Crippen molar-refractivity contribution in [2.75, 3.05) is 5.32 Å². The van der Waals surface area contributed by atoms with Crippen LogP contribution >= 0.6 is 23.8 Å². The first-order valence-corrected chi connectivity index (χ1v) is 6.93. The summed E-state index contributed by atoms with van der Waals surface area (Å²) in [6, 6.07) is 10.6. The predicted octanol–water partition coefficient (Wildman–Crippen LogP) is 3.77. The Bertz CT molecular complexity index is 677. The van der Waals surface area contributed by atoms with Gasteiger partial charge in [0.1, 0.15) is 11.5 Å². The highest BCUT2D eigenvalue weighted by Gasteiger charge is 2.02. The Morgan fingerprint density at radius 1 is 1.24 bits per heavy atom. The normalized spacial score (nSPS) is 10.6. The van der Waals surface area contributed by atoms with Crippen LogP contribution in [0.25, 0.3) is 6.08 Å². The van der Waals surface area contributed by atoms with Crippen LogP contribution in [0.15, 0.2) is 46.9 Å². The molecule has 0 unspecified atom stereocenters. The van der Waals surface area contributed by atoms with Crippen molar-refractivity contribution in [2.24, 2.45) is 0 Å². The summed E-state index contributed by atoms with van der Waals surface area (Å²) in [6.45, 7) is 1.84. The number of carbonyl (C=O) groups excluding carboxylic acids is 1. The Balaban J connectivity index is 1.86. The second-order valence-electron chi connectivity index (χ2n) is 4.23. The second kappa shape index (κ2) is 7.06. The first-order chi connectivity index (χ1) is 10.0. The molecule has 2 N–H and O–H groups in total. The Morgan fingerprint density at radius 3 is 2.57 bits per heavy atom. The summed E-state index contributed by atoms with van der Waals surface area (Å²) in [6.07, 6.45) is 2.93. The maximum Gasteiger partial charge on any atom is 0.250 e. The Hall–Kier alpha value is -2.11. The summed E-state index contributed by atoms with van der Waals surface area (Å²) in [5, 5.41) is 6.27. The van der Waals surface area contributed by atoms with Crippen molar-refractivity contribution in [3.05, 3.63) is 59.0 Å². The van der Waals surface area contributed by atoms with E-state index in [4.69, 9.17) is 28.2 Å². The van der Waals surface area contributed by atoms with E-state index >= 15 is 0 Å². The highest BCUT2D eigenvalue weighted by atomic mass is 35.5. The molecule has 1 amide bonds. The lowest BCUT2D eigenvalue weighted by Crippen LogP contribution is -2.32. The van der Waals surface area contributed by atoms with Crippen LogP contribution in [-0.2, 0) is 4.79 Å². The fourth-order valence-corrected chi connectivity index (χ4v) is 1.89. The molecule has 6 heteroatoms. The molecule has 0 saturated heterocycles. The smallest absolute Gasteiger partial charge is 0.250 e. The van der Waals surface area contributed by atoms with Crippen LogP contribution in [0.4, 0.5) is 5.69 Å². The van der Waals surface area contributed by atoms with E-state index < -0.39 is 0 Å². The van der Waals surface area contributed by atoms with E-state index in [1.807, 2.05) is 13.0 Å². The number of carbonyl (C=O) groups is 1. The largest absolute Gasteiger partial charge is 0.462 e. The van der Waals surface area contributed by atoms with Gasteiger partial charge in [0, 0.05) is 16.8 Å². The predicted molar refractivity (Wildman–Crippen MR) is 88.3 cm³/mol. The number of benzene rings is 1. The Kier molecular flexibility index (Phi) is 5.14. The highest BCUT2D eigenvalue weighted by Crippen LogP contribution is 2.13. The molecule has 21 heavy (non-hydrogen) atoms. The number of amides is 1. The second-order valence-corrected chi connectivity index (χ2v) is 5.08. The van der Waals surface area contributed by atoms with Gasteiger partial charge in [0.2, 0.25) is 5.91 Å². The Morgan fingerprint density at radius 2 is 1.95 bits per heavy atom. The maximum absolute atomic E-state index is 11.7. The summed E-state index contributed by atoms with van der Waals surface area (Å²) in [5.41, 5.74) is 0.746. The van der Waals surface area contributed by atoms with Gasteiger partial charge < -0.3 is 9.73 Å². The molecule has 0 saturated carbocycles. The third kappa shape index (κ3) is 5.06. The van der Waals surface area contributed by atoms with Gasteiger partial charge >= 0.3 is 0 Å². The van der Waals surface area contributed by atoms with Crippen LogP contribution in [0.2, 0.25) is 5.02 Å². The molecule has 0 aliphatic carbocycles. The van der Waals surface area contributed by atoms with Gasteiger partial charge in [-0.15, -0.1) is 0 Å². The minimum Gasteiger partial charge on any atom is -0.462 e. The van der Waals surface area contributed by atoms with Crippen molar-refractivity contribution >= 4 is 46.6 Å². The maximum atomic E-state index is 11.7. The summed E-state index contributed by atoms with van der Waals surface area (Å²) in [5.74, 6) is 1.06. The number of hydrogen-bond donors (Lipinski definition) is 2. The van der Waals surface area contributed by atoms with E-state index in [2.05, 4.69) is 10.6 Å². The van der Waals surface area contributed by atoms with E-state index in [1.165, 1.54) is 6.08 Å². The third-order valence-electron chi connectivity index (χ3n) is 2.50. The molecule has 0 atom stereocenters. The molecule has 4 nitrogen and oxygen atoms in total. The minimum absolute atomic E-state index is 0.211. The number of thiocarbonyl (C=S) groups is 1. The number of aryl methyl sites for hydroxylation is 1. The fraction of sp³-hybridized carbons (Fsp3) is 0.0667. The van der Waals surface area contributed by atoms with Crippen LogP contribution in [0.5, 0.6) is 0 Å². The van der Waals surface area contributed by atoms with Gasteiger partial charge in [0.25, 0.3) is 0 Å². The van der Waals surface area contributed by atoms with Crippen LogP contribution in [0.3, 0.4) is 0 Å². The standard InChI is InChI=1S/C15H13ClN2O2S/c1-10-2-7-13(20-10)8-9-14(19)18-15(21)17-12-5-3-11(16)4-6-12/h2-9H,1H3,(H2,17,18,19,21). The quantitative estimate of drug-likeness (QED) is 0.667. The zero-order valence-electron chi connectivity index (χ0n) is 11.2. The highest BCUT2D eigenvalue weighted by molar-refractivity contribution is 7.80. The number of anilines is 1. The Labute approximate surface area is 132 Å². The van der Waals surface area contributed by atoms with Gasteiger partial charge in [0.15, 0.2) is 5.11 Å². The molecule has 0 aliphatic rings. The average Bonchev–Trinajstić information content (AvgIpc) is 2.85. The van der Waals surface area contributed by atoms with Crippen LogP contribution in [0.1, 0.15) is 11.5 Å². The minimum atomic E-state index is -0.337. The lowest BCUT2D eigenvalue weighted by Gasteiger charge is -2.07. The van der Waals surface area contributed by atoms with E-state index in [-0.39, 0.29) is 11.0 Å². The molecule has 0 fully saturated rings. The zero-order chi connectivity index (χ0) is 15.2. The summed E-state index contributed by atoms with van der Waals surface area (Å²) in [4.78, 5) is 11.7. The number of halogens is 1. The van der Waals surface area contributed by atoms with Gasteiger partial charge in [-0.1, -0.05) is 11.6 Å². The van der Waals surface area contributed by atoms with Crippen molar-refractivity contribution in [1.29, 1.82) is 0 Å². The van der Waals surface area contributed by atoms with Crippen LogP contribution in [-0.4, -0.2) is 11.0 Å². The number of rotatable bonds is 3. The average molecular weight is 321 g/mol. The fourth-order valence-electron chi connectivity index (χ4n) is 1.55. The summed E-state index contributed by atoms with van der Waals surface area (Å²) >= 11 is 10.8. The molecule has 0 aliphatic heterocycles. The number of furan rings is 1. The molecule has 0 radical (unpaired) electrons. The number of nitrogens with one attached hydrogen (secondary N) is 2. The van der Waals surface area contributed by atoms with Crippen LogP contribution in [0, 0.1) is 6.92 Å². The molecule has 1 aromatic carbocycles. The van der Waals surface area contributed by atoms with E-state index in [0.717, 1.165) is 11.4 Å². The van der Waals surface area contributed by atoms with Gasteiger partial charge in [-0.2, -0.15) is 0 Å². The van der Waals surface area contributed by atoms with Crippen molar-refractivity contribution in [2.45, 2.75) is 6.92 Å². The van der Waals surface area contributed by atoms with Gasteiger partial charge in [-0.25, -0.2) is 0 Å². The third-order valence-corrected chi connectivity index (χ3v) is 2.96. The monoisotopic (exact) mass is 320 g/mol. The number of hydrogen-bond acceptors (Lipinski definition) is 3. The zero-order valence-corrected chi connectivity index (χ0v) is 12.8. The molecular weight excluding hydrogens is 308 g/mol. The molecule has 1 heterocycles. The summed E-state index contributed by atoms with van der Waals surface area (Å²) < 4.78 is 5.32. The lowest BCUT2D eigenvalue weighted by molar-refractivity contribution is -0.115. The van der Waals surface area contributed by atoms with Crippen molar-refractivity contribution in [3.63, 3.8) is 0 Å². The molecule has 108 valence electrons. The van der Waals surface area contributed by atoms with Crippen molar-refractivity contribution in [3.8, 4) is 0 Å². The molecule has 0 bridgehead atoms. The van der Waals surface area contributed by atoms with E-state index in [9.17, 15) is 4.79 Å². The summed E-state index contributed by atoms with van der Waals surface area (Å²) in [7, 11) is 0. The van der Waals surface area contributed by atoms with E-state index in [1.54, 1.807) is 36.4 Å². The first-order valence-electron chi connectivity index (χ1n) is 6.15. The molecule has 2 rings (SSSR count). The molecule has 0 spiro atoms. The topological polar surface area (TPSA) is 54.3 Å². The van der Waals surface area contributed by atoms with Crippen molar-refractivity contribution in [1.82, 2.24) is 5.32 Å². The van der Waals surface area contributed by atoms with Crippen molar-refractivity contribution < 1.29 is 9.21 Å². The SMILES string of the molecule is Cc1ccc(C=CC(=O)NC(=S)Nc2ccc(Cl)cc2)o1. The van der Waals surface area contributed by atoms with E-state index in [0.29, 0.717) is 10.8 Å². The van der Waals surface area contributed by atoms with Crippen LogP contribution < -0.4 is 10.6 Å². The molecule has 1 aromatic heterocycles. The molecular formula is C15H13ClN2O2S.